The van der Waals surface area contributed by atoms with Gasteiger partial charge in [-0.25, -0.2) is 0 Å². The summed E-state index contributed by atoms with van der Waals surface area (Å²) in [5.41, 5.74) is -2.80. The Kier molecular flexibility index (Phi) is 3.56. The van der Waals surface area contributed by atoms with Crippen LogP contribution < -0.4 is 9.64 Å². The zero-order valence-corrected chi connectivity index (χ0v) is 12.7. The molecule has 8 nitrogen and oxygen atoms in total. The van der Waals surface area contributed by atoms with Gasteiger partial charge in [-0.2, -0.15) is 0 Å². The summed E-state index contributed by atoms with van der Waals surface area (Å²) in [6, 6.07) is 8.83. The second-order valence-corrected chi connectivity index (χ2v) is 6.53. The van der Waals surface area contributed by atoms with Gasteiger partial charge in [0.05, 0.1) is 13.5 Å². The second kappa shape index (κ2) is 5.31. The highest BCUT2D eigenvalue weighted by Gasteiger charge is 2.66. The van der Waals surface area contributed by atoms with Crippen LogP contribution >= 0.6 is 0 Å². The standard InChI is InChI=1S/C15H17N3O5/c1-16-10-14(17(19)20)7-13(23-12-5-3-2-4-6-12)8-15(9-14,11-16)18(21)22/h2-7H,8-11H2,1H3/p+1/t14-,15+/m1/s1. The SMILES string of the molecule is C[NH+]1C[C@@]2([N+](=O)[O-])C=C(Oc3ccccc3)C[C@@]([N+](=O)[O-])(C1)C2. The molecule has 0 aromatic heterocycles. The fourth-order valence-corrected chi connectivity index (χ4v) is 3.82. The first-order valence-corrected chi connectivity index (χ1v) is 7.40. The van der Waals surface area contributed by atoms with Gasteiger partial charge in [-0.05, 0) is 12.1 Å². The fraction of sp³-hybridized carbons (Fsp3) is 0.467. The van der Waals surface area contributed by atoms with E-state index in [2.05, 4.69) is 0 Å². The number of quaternary nitrogens is 1. The number of benzene rings is 1. The number of likely N-dealkylation sites (tertiary alicyclic amines) is 1. The Morgan fingerprint density at radius 1 is 1.13 bits per heavy atom. The van der Waals surface area contributed by atoms with Gasteiger partial charge in [-0.1, -0.05) is 18.2 Å². The van der Waals surface area contributed by atoms with Crippen LogP contribution in [0, 0.1) is 20.2 Å². The molecule has 1 N–H and O–H groups in total. The third kappa shape index (κ3) is 2.65. The van der Waals surface area contributed by atoms with Crippen LogP contribution in [0.2, 0.25) is 0 Å². The van der Waals surface area contributed by atoms with Crippen LogP contribution in [0.1, 0.15) is 12.8 Å². The minimum atomic E-state index is -1.45. The van der Waals surface area contributed by atoms with Crippen molar-refractivity contribution >= 4 is 0 Å². The average molecular weight is 320 g/mol. The zero-order chi connectivity index (χ0) is 16.7. The van der Waals surface area contributed by atoms with E-state index >= 15 is 0 Å². The van der Waals surface area contributed by atoms with E-state index in [1.165, 1.54) is 6.08 Å². The highest BCUT2D eigenvalue weighted by atomic mass is 16.6. The lowest BCUT2D eigenvalue weighted by Crippen LogP contribution is -3.15. The molecule has 1 unspecified atom stereocenters. The summed E-state index contributed by atoms with van der Waals surface area (Å²) in [5.74, 6) is 0.833. The van der Waals surface area contributed by atoms with Crippen molar-refractivity contribution in [1.82, 2.24) is 0 Å². The number of piperidine rings is 1. The molecule has 2 bridgehead atoms. The Morgan fingerprint density at radius 2 is 1.83 bits per heavy atom. The smallest absolute Gasteiger partial charge is 0.298 e. The highest BCUT2D eigenvalue weighted by molar-refractivity contribution is 5.27. The third-order valence-electron chi connectivity index (χ3n) is 4.55. The number of hydrogen-bond donors (Lipinski definition) is 1. The van der Waals surface area contributed by atoms with Crippen molar-refractivity contribution in [1.29, 1.82) is 0 Å². The van der Waals surface area contributed by atoms with Crippen LogP contribution in [0.15, 0.2) is 42.2 Å². The van der Waals surface area contributed by atoms with Crippen LogP contribution in [0.25, 0.3) is 0 Å². The number of hydrogen-bond acceptors (Lipinski definition) is 5. The molecule has 1 saturated heterocycles. The first-order chi connectivity index (χ1) is 10.9. The molecule has 2 aliphatic rings. The summed E-state index contributed by atoms with van der Waals surface area (Å²) in [5, 5.41) is 23.3. The van der Waals surface area contributed by atoms with Gasteiger partial charge < -0.3 is 9.64 Å². The minimum Gasteiger partial charge on any atom is -0.461 e. The van der Waals surface area contributed by atoms with Crippen molar-refractivity contribution in [2.45, 2.75) is 23.9 Å². The molecular weight excluding hydrogens is 302 g/mol. The molecule has 0 radical (unpaired) electrons. The second-order valence-electron chi connectivity index (χ2n) is 6.53. The number of ether oxygens (including phenoxy) is 1. The van der Waals surface area contributed by atoms with Crippen molar-refractivity contribution in [3.8, 4) is 5.75 Å². The Hall–Kier alpha value is -2.48. The third-order valence-corrected chi connectivity index (χ3v) is 4.55. The molecule has 1 aliphatic heterocycles. The molecule has 122 valence electrons. The minimum absolute atomic E-state index is 0.0713. The van der Waals surface area contributed by atoms with Crippen LogP contribution in [0.5, 0.6) is 5.75 Å². The van der Waals surface area contributed by atoms with Crippen molar-refractivity contribution in [3.05, 3.63) is 62.4 Å². The van der Waals surface area contributed by atoms with Gasteiger partial charge in [0.25, 0.3) is 11.1 Å². The average Bonchev–Trinajstić information content (AvgIpc) is 2.46. The van der Waals surface area contributed by atoms with Gasteiger partial charge in [0, 0.05) is 15.9 Å². The van der Waals surface area contributed by atoms with E-state index in [0.717, 1.165) is 4.90 Å². The predicted octanol–water partition coefficient (Wildman–Crippen LogP) is 0.302. The molecule has 8 heteroatoms. The molecule has 3 rings (SSSR count). The summed E-state index contributed by atoms with van der Waals surface area (Å²) in [7, 11) is 1.76. The van der Waals surface area contributed by atoms with Crippen molar-refractivity contribution in [2.75, 3.05) is 20.1 Å². The van der Waals surface area contributed by atoms with Crippen LogP contribution in [0.3, 0.4) is 0 Å². The van der Waals surface area contributed by atoms with E-state index in [1.54, 1.807) is 31.3 Å². The quantitative estimate of drug-likeness (QED) is 0.635. The van der Waals surface area contributed by atoms with Crippen LogP contribution in [0.4, 0.5) is 0 Å². The maximum Gasteiger partial charge on any atom is 0.298 e. The molecule has 0 spiro atoms. The summed E-state index contributed by atoms with van der Waals surface area (Å²) in [6.45, 7) is 0.475. The van der Waals surface area contributed by atoms with E-state index < -0.39 is 16.0 Å². The number of nitrogens with one attached hydrogen (secondary N) is 1. The lowest BCUT2D eigenvalue weighted by atomic mass is 9.71. The monoisotopic (exact) mass is 320 g/mol. The van der Waals surface area contributed by atoms with Crippen LogP contribution in [-0.4, -0.2) is 41.1 Å². The van der Waals surface area contributed by atoms with Crippen molar-refractivity contribution < 1.29 is 19.5 Å². The van der Waals surface area contributed by atoms with Gasteiger partial charge in [0.15, 0.2) is 6.54 Å². The molecule has 23 heavy (non-hydrogen) atoms. The fourth-order valence-electron chi connectivity index (χ4n) is 3.82. The lowest BCUT2D eigenvalue weighted by Gasteiger charge is -2.41. The largest absolute Gasteiger partial charge is 0.461 e. The van der Waals surface area contributed by atoms with E-state index in [4.69, 9.17) is 4.74 Å². The first-order valence-electron chi connectivity index (χ1n) is 7.40. The topological polar surface area (TPSA) is 100.0 Å². The maximum atomic E-state index is 11.7. The molecule has 0 amide bonds. The zero-order valence-electron chi connectivity index (χ0n) is 12.7. The van der Waals surface area contributed by atoms with Crippen molar-refractivity contribution in [2.24, 2.45) is 0 Å². The number of likely N-dealkylation sites (N-methyl/N-ethyl adjacent to an activating group) is 1. The van der Waals surface area contributed by atoms with E-state index in [1.807, 2.05) is 6.07 Å². The van der Waals surface area contributed by atoms with Gasteiger partial charge in [-0.15, -0.1) is 0 Å². The lowest BCUT2D eigenvalue weighted by molar-refractivity contribution is -0.926. The normalized spacial score (nSPS) is 32.7. The number of nitro groups is 2. The summed E-state index contributed by atoms with van der Waals surface area (Å²) in [4.78, 5) is 23.4. The first kappa shape index (κ1) is 15.4. The van der Waals surface area contributed by atoms with Gasteiger partial charge >= 0.3 is 0 Å². The van der Waals surface area contributed by atoms with E-state index in [9.17, 15) is 20.2 Å². The Balaban J connectivity index is 2.02. The van der Waals surface area contributed by atoms with Crippen molar-refractivity contribution in [3.63, 3.8) is 0 Å². The highest BCUT2D eigenvalue weighted by Crippen LogP contribution is 2.39. The summed E-state index contributed by atoms with van der Waals surface area (Å²) in [6.07, 6.45) is 1.46. The van der Waals surface area contributed by atoms with Gasteiger partial charge in [0.2, 0.25) is 0 Å². The number of para-hydroxylation sites is 1. The Bertz CT molecular complexity index is 677. The van der Waals surface area contributed by atoms with Gasteiger partial charge in [-0.3, -0.25) is 20.2 Å². The number of fused-ring (bicyclic) bond motifs is 2. The van der Waals surface area contributed by atoms with Crippen LogP contribution in [-0.2, 0) is 0 Å². The Labute approximate surface area is 132 Å². The summed E-state index contributed by atoms with van der Waals surface area (Å²) >= 11 is 0. The molecule has 0 saturated carbocycles. The van der Waals surface area contributed by atoms with Gasteiger partial charge in [0.1, 0.15) is 24.5 Å². The molecular formula is C15H18N3O5+. The molecule has 1 fully saturated rings. The maximum absolute atomic E-state index is 11.7. The molecule has 1 aromatic rings. The predicted molar refractivity (Wildman–Crippen MR) is 80.5 cm³/mol. The molecule has 1 aliphatic carbocycles. The Morgan fingerprint density at radius 3 is 2.43 bits per heavy atom. The number of rotatable bonds is 4. The number of nitrogens with zero attached hydrogens (tertiary/aromatic N) is 2. The molecule has 1 heterocycles. The summed E-state index contributed by atoms with van der Waals surface area (Å²) < 4.78 is 5.72. The van der Waals surface area contributed by atoms with E-state index in [0.29, 0.717) is 11.5 Å². The molecule has 3 atom stereocenters. The van der Waals surface area contributed by atoms with E-state index in [-0.39, 0.29) is 30.9 Å². The molecule has 1 aromatic carbocycles.